The topological polar surface area (TPSA) is 46.8 Å². The van der Waals surface area contributed by atoms with Gasteiger partial charge in [0, 0.05) is 33.0 Å². The van der Waals surface area contributed by atoms with Crippen LogP contribution < -0.4 is 4.90 Å². The first-order valence-electron chi connectivity index (χ1n) is 6.99. The Morgan fingerprint density at radius 1 is 1.40 bits per heavy atom. The van der Waals surface area contributed by atoms with Crippen molar-refractivity contribution in [2.75, 3.05) is 31.7 Å². The van der Waals surface area contributed by atoms with E-state index in [9.17, 15) is 4.79 Å². The molecule has 1 aliphatic rings. The molecule has 0 atom stereocenters. The van der Waals surface area contributed by atoms with Crippen molar-refractivity contribution >= 4 is 17.8 Å². The fourth-order valence-electron chi connectivity index (χ4n) is 2.89. The summed E-state index contributed by atoms with van der Waals surface area (Å²) in [7, 11) is 1.75. The number of hydrogen-bond donors (Lipinski definition) is 0. The second-order valence-corrected chi connectivity index (χ2v) is 5.25. The van der Waals surface area contributed by atoms with Crippen LogP contribution in [0, 0.1) is 5.92 Å². The molecule has 0 bridgehead atoms. The third-order valence-corrected chi connectivity index (χ3v) is 3.98. The Bertz CT molecular complexity index is 600. The molecule has 0 N–H and O–H groups in total. The Morgan fingerprint density at radius 2 is 2.20 bits per heavy atom. The Kier molecular flexibility index (Phi) is 3.69. The molecule has 3 heterocycles. The highest BCUT2D eigenvalue weighted by Gasteiger charge is 2.23. The molecule has 1 aliphatic heterocycles. The maximum absolute atomic E-state index is 11.4. The number of aromatic nitrogens is 2. The molecule has 0 spiro atoms. The molecule has 0 saturated carbocycles. The smallest absolute Gasteiger partial charge is 0.170 e. The fraction of sp³-hybridized carbons (Fsp3) is 0.467. The van der Waals surface area contributed by atoms with E-state index < -0.39 is 0 Å². The number of anilines is 1. The lowest BCUT2D eigenvalue weighted by molar-refractivity contribution is 0.111. The lowest BCUT2D eigenvalue weighted by Gasteiger charge is -2.32. The number of fused-ring (bicyclic) bond motifs is 1. The normalized spacial score (nSPS) is 16.8. The zero-order valence-corrected chi connectivity index (χ0v) is 11.7. The zero-order valence-electron chi connectivity index (χ0n) is 11.7. The van der Waals surface area contributed by atoms with Crippen molar-refractivity contribution in [2.24, 2.45) is 5.92 Å². The number of nitrogens with zero attached hydrogens (tertiary/aromatic N) is 3. The molecule has 20 heavy (non-hydrogen) atoms. The molecule has 0 aliphatic carbocycles. The maximum Gasteiger partial charge on any atom is 0.170 e. The minimum atomic E-state index is 0.618. The number of aldehydes is 1. The zero-order chi connectivity index (χ0) is 13.9. The average Bonchev–Trinajstić information content (AvgIpc) is 2.87. The number of imidazole rings is 1. The number of rotatable bonds is 4. The van der Waals surface area contributed by atoms with Crippen molar-refractivity contribution in [3.63, 3.8) is 0 Å². The minimum Gasteiger partial charge on any atom is -0.384 e. The van der Waals surface area contributed by atoms with Crippen LogP contribution in [0.2, 0.25) is 0 Å². The van der Waals surface area contributed by atoms with Crippen molar-refractivity contribution in [3.05, 3.63) is 30.1 Å². The monoisotopic (exact) mass is 273 g/mol. The highest BCUT2D eigenvalue weighted by molar-refractivity contribution is 5.83. The number of carbonyl (C=O) groups excluding carboxylic acids is 1. The van der Waals surface area contributed by atoms with Crippen LogP contribution in [-0.4, -0.2) is 42.5 Å². The van der Waals surface area contributed by atoms with Crippen LogP contribution in [0.5, 0.6) is 0 Å². The minimum absolute atomic E-state index is 0.618. The van der Waals surface area contributed by atoms with Crippen LogP contribution in [0.25, 0.3) is 5.65 Å². The van der Waals surface area contributed by atoms with Gasteiger partial charge in [0.15, 0.2) is 12.1 Å². The summed E-state index contributed by atoms with van der Waals surface area (Å²) in [6.45, 7) is 2.68. The highest BCUT2D eigenvalue weighted by Crippen LogP contribution is 2.26. The van der Waals surface area contributed by atoms with Crippen LogP contribution in [0.1, 0.15) is 23.3 Å². The fourth-order valence-corrected chi connectivity index (χ4v) is 2.89. The molecule has 5 heteroatoms. The van der Waals surface area contributed by atoms with Crippen molar-refractivity contribution in [3.8, 4) is 0 Å². The molecular formula is C15H19N3O2. The third kappa shape index (κ3) is 2.29. The SMILES string of the molecule is COCC1CCN(c2nc3ccccn3c2C=O)CC1. The first-order valence-corrected chi connectivity index (χ1v) is 6.99. The second-order valence-electron chi connectivity index (χ2n) is 5.25. The van der Waals surface area contributed by atoms with E-state index in [2.05, 4.69) is 9.88 Å². The van der Waals surface area contributed by atoms with Gasteiger partial charge in [0.25, 0.3) is 0 Å². The Balaban J connectivity index is 1.86. The predicted octanol–water partition coefficient (Wildman–Crippen LogP) is 2.01. The molecule has 5 nitrogen and oxygen atoms in total. The van der Waals surface area contributed by atoms with Crippen LogP contribution >= 0.6 is 0 Å². The first kappa shape index (κ1) is 13.1. The first-order chi connectivity index (χ1) is 9.83. The van der Waals surface area contributed by atoms with Crippen molar-refractivity contribution in [1.82, 2.24) is 9.38 Å². The van der Waals surface area contributed by atoms with Gasteiger partial charge in [0.2, 0.25) is 0 Å². The number of methoxy groups -OCH3 is 1. The quantitative estimate of drug-likeness (QED) is 0.799. The van der Waals surface area contributed by atoms with Crippen LogP contribution in [0.15, 0.2) is 24.4 Å². The van der Waals surface area contributed by atoms with Gasteiger partial charge in [-0.15, -0.1) is 0 Å². The van der Waals surface area contributed by atoms with Gasteiger partial charge in [-0.25, -0.2) is 4.98 Å². The second kappa shape index (κ2) is 5.63. The maximum atomic E-state index is 11.4. The summed E-state index contributed by atoms with van der Waals surface area (Å²) in [6, 6.07) is 5.77. The van der Waals surface area contributed by atoms with Gasteiger partial charge in [-0.05, 0) is 30.9 Å². The number of piperidine rings is 1. The van der Waals surface area contributed by atoms with Crippen LogP contribution in [0.4, 0.5) is 5.82 Å². The summed E-state index contributed by atoms with van der Waals surface area (Å²) in [5.74, 6) is 1.43. The molecule has 2 aromatic rings. The molecule has 106 valence electrons. The van der Waals surface area contributed by atoms with E-state index in [1.807, 2.05) is 28.8 Å². The van der Waals surface area contributed by atoms with Crippen molar-refractivity contribution in [1.29, 1.82) is 0 Å². The number of pyridine rings is 1. The summed E-state index contributed by atoms with van der Waals surface area (Å²) < 4.78 is 7.07. The summed E-state index contributed by atoms with van der Waals surface area (Å²) in [6.07, 6.45) is 4.95. The van der Waals surface area contributed by atoms with Crippen LogP contribution in [-0.2, 0) is 4.74 Å². The molecule has 2 aromatic heterocycles. The molecule has 0 unspecified atom stereocenters. The summed E-state index contributed by atoms with van der Waals surface area (Å²) in [4.78, 5) is 18.2. The summed E-state index contributed by atoms with van der Waals surface area (Å²) >= 11 is 0. The summed E-state index contributed by atoms with van der Waals surface area (Å²) in [5.41, 5.74) is 1.47. The molecule has 0 radical (unpaired) electrons. The van der Waals surface area contributed by atoms with Gasteiger partial charge in [-0.3, -0.25) is 9.20 Å². The molecule has 0 amide bonds. The number of ether oxygens (including phenoxy) is 1. The van der Waals surface area contributed by atoms with Crippen molar-refractivity contribution < 1.29 is 9.53 Å². The van der Waals surface area contributed by atoms with E-state index in [1.165, 1.54) is 0 Å². The molecule has 3 rings (SSSR count). The number of hydrogen-bond acceptors (Lipinski definition) is 4. The van der Waals surface area contributed by atoms with Crippen LogP contribution in [0.3, 0.4) is 0 Å². The highest BCUT2D eigenvalue weighted by atomic mass is 16.5. The van der Waals surface area contributed by atoms with E-state index in [1.54, 1.807) is 7.11 Å². The van der Waals surface area contributed by atoms with E-state index in [-0.39, 0.29) is 0 Å². The molecule has 0 aromatic carbocycles. The van der Waals surface area contributed by atoms with E-state index in [0.717, 1.165) is 50.3 Å². The van der Waals surface area contributed by atoms with Gasteiger partial charge in [0.05, 0.1) is 0 Å². The average molecular weight is 273 g/mol. The lowest BCUT2D eigenvalue weighted by Crippen LogP contribution is -2.35. The predicted molar refractivity (Wildman–Crippen MR) is 77.4 cm³/mol. The Labute approximate surface area is 118 Å². The molecule has 1 saturated heterocycles. The lowest BCUT2D eigenvalue weighted by atomic mass is 9.98. The molecule has 1 fully saturated rings. The van der Waals surface area contributed by atoms with E-state index >= 15 is 0 Å². The third-order valence-electron chi connectivity index (χ3n) is 3.98. The largest absolute Gasteiger partial charge is 0.384 e. The molecular weight excluding hydrogens is 254 g/mol. The van der Waals surface area contributed by atoms with Crippen molar-refractivity contribution in [2.45, 2.75) is 12.8 Å². The number of carbonyl (C=O) groups is 1. The standard InChI is InChI=1S/C15H19N3O2/c1-20-11-12-5-8-17(9-6-12)15-13(10-19)18-7-3-2-4-14(18)16-15/h2-4,7,10,12H,5-6,8-9,11H2,1H3. The van der Waals surface area contributed by atoms with E-state index in [0.29, 0.717) is 11.6 Å². The van der Waals surface area contributed by atoms with E-state index in [4.69, 9.17) is 4.74 Å². The van der Waals surface area contributed by atoms with Gasteiger partial charge in [-0.2, -0.15) is 0 Å². The van der Waals surface area contributed by atoms with Gasteiger partial charge in [-0.1, -0.05) is 6.07 Å². The Hall–Kier alpha value is -1.88. The van der Waals surface area contributed by atoms with Gasteiger partial charge in [0.1, 0.15) is 11.3 Å². The van der Waals surface area contributed by atoms with Gasteiger partial charge >= 0.3 is 0 Å². The van der Waals surface area contributed by atoms with Gasteiger partial charge < -0.3 is 9.64 Å². The summed E-state index contributed by atoms with van der Waals surface area (Å²) in [5, 5.41) is 0. The Morgan fingerprint density at radius 3 is 2.90 bits per heavy atom.